The molecule has 0 amide bonds. The van der Waals surface area contributed by atoms with Crippen molar-refractivity contribution < 1.29 is 4.74 Å². The number of hydrogen-bond donors (Lipinski definition) is 0. The summed E-state index contributed by atoms with van der Waals surface area (Å²) < 4.78 is 4.25. The van der Waals surface area contributed by atoms with Crippen LogP contribution >= 0.6 is 0 Å². The van der Waals surface area contributed by atoms with Crippen molar-refractivity contribution in [3.8, 4) is 23.0 Å². The summed E-state index contributed by atoms with van der Waals surface area (Å²) in [7, 11) is 3.25. The molecule has 0 fully saturated rings. The average molecular weight is 339 g/mol. The van der Waals surface area contributed by atoms with E-state index < -0.39 is 0 Å². The van der Waals surface area contributed by atoms with Crippen LogP contribution in [0.25, 0.3) is 11.1 Å². The van der Waals surface area contributed by atoms with Crippen molar-refractivity contribution in [2.45, 2.75) is 53.4 Å². The molecule has 0 radical (unpaired) electrons. The van der Waals surface area contributed by atoms with Gasteiger partial charge >= 0.3 is 0 Å². The lowest BCUT2D eigenvalue weighted by Crippen LogP contribution is -2.14. The van der Waals surface area contributed by atoms with Crippen LogP contribution in [0, 0.1) is 11.8 Å². The quantitative estimate of drug-likeness (QED) is 0.485. The summed E-state index contributed by atoms with van der Waals surface area (Å²) in [6.07, 6.45) is 1.25. The van der Waals surface area contributed by atoms with Gasteiger partial charge in [-0.05, 0) is 36.1 Å². The Morgan fingerprint density at radius 2 is 1.04 bits per heavy atom. The average Bonchev–Trinajstić information content (AvgIpc) is 2.85. The van der Waals surface area contributed by atoms with E-state index in [1.165, 1.54) is 28.7 Å². The molecular weight excluding hydrogens is 304 g/mol. The molecule has 0 unspecified atom stereocenters. The van der Waals surface area contributed by atoms with Gasteiger partial charge in [0.2, 0.25) is 0 Å². The summed E-state index contributed by atoms with van der Waals surface area (Å²) in [4.78, 5) is 0. The molecule has 1 aliphatic carbocycles. The van der Waals surface area contributed by atoms with Gasteiger partial charge in [0.25, 0.3) is 0 Å². The van der Waals surface area contributed by atoms with Gasteiger partial charge in [0, 0.05) is 19.6 Å². The molecule has 0 bridgehead atoms. The van der Waals surface area contributed by atoms with Crippen LogP contribution in [0.1, 0.15) is 59.1 Å². The molecule has 0 saturated heterocycles. The molecule has 0 aliphatic heterocycles. The number of ether oxygens (including phenoxy) is 1. The van der Waals surface area contributed by atoms with Crippen molar-refractivity contribution in [2.75, 3.05) is 14.2 Å². The van der Waals surface area contributed by atoms with E-state index in [-0.39, 0.29) is 5.41 Å². The van der Waals surface area contributed by atoms with Gasteiger partial charge < -0.3 is 4.74 Å². The van der Waals surface area contributed by atoms with Crippen molar-refractivity contribution in [3.05, 3.63) is 59.7 Å². The first-order valence-electron chi connectivity index (χ1n) is 8.89. The van der Waals surface area contributed by atoms with Crippen LogP contribution in [0.4, 0.5) is 0 Å². The van der Waals surface area contributed by atoms with E-state index in [0.717, 1.165) is 0 Å². The van der Waals surface area contributed by atoms with Crippen molar-refractivity contribution >= 4 is 0 Å². The van der Waals surface area contributed by atoms with Gasteiger partial charge in [0.15, 0.2) is 0 Å². The van der Waals surface area contributed by atoms with Crippen molar-refractivity contribution in [1.29, 1.82) is 0 Å². The predicted molar refractivity (Wildman–Crippen MR) is 112 cm³/mol. The second-order valence-electron chi connectivity index (χ2n) is 6.33. The zero-order chi connectivity index (χ0) is 19.3. The summed E-state index contributed by atoms with van der Waals surface area (Å²) in [5.41, 5.74) is 5.86. The Morgan fingerprint density at radius 3 is 1.32 bits per heavy atom. The summed E-state index contributed by atoms with van der Waals surface area (Å²) in [6.45, 7) is 12.5. The number of rotatable bonds is 0. The molecule has 0 spiro atoms. The Morgan fingerprint density at radius 1 is 0.760 bits per heavy atom. The smallest absolute Gasteiger partial charge is 0.0351 e. The highest BCUT2D eigenvalue weighted by Crippen LogP contribution is 2.47. The highest BCUT2D eigenvalue weighted by molar-refractivity contribution is 5.80. The van der Waals surface area contributed by atoms with Crippen molar-refractivity contribution in [1.82, 2.24) is 0 Å². The van der Waals surface area contributed by atoms with E-state index >= 15 is 0 Å². The fourth-order valence-electron chi connectivity index (χ4n) is 2.67. The molecule has 2 aromatic carbocycles. The van der Waals surface area contributed by atoms with Crippen LogP contribution in [0.3, 0.4) is 0 Å². The van der Waals surface area contributed by atoms with Crippen molar-refractivity contribution in [3.63, 3.8) is 0 Å². The van der Waals surface area contributed by atoms with Crippen LogP contribution in [-0.2, 0) is 10.2 Å². The molecule has 136 valence electrons. The molecule has 1 heteroatoms. The van der Waals surface area contributed by atoms with Gasteiger partial charge in [-0.1, -0.05) is 82.6 Å². The van der Waals surface area contributed by atoms with Gasteiger partial charge in [-0.15, -0.1) is 11.8 Å². The topological polar surface area (TPSA) is 9.23 Å². The predicted octanol–water partition coefficient (Wildman–Crippen LogP) is 6.70. The van der Waals surface area contributed by atoms with E-state index in [1.807, 2.05) is 13.8 Å². The highest BCUT2D eigenvalue weighted by Gasteiger charge is 2.34. The van der Waals surface area contributed by atoms with E-state index in [1.54, 1.807) is 14.2 Å². The fraction of sp³-hybridized carbons (Fsp3) is 0.417. The monoisotopic (exact) mass is 338 g/mol. The minimum Gasteiger partial charge on any atom is -0.388 e. The number of methoxy groups -OCH3 is 1. The van der Waals surface area contributed by atoms with E-state index in [9.17, 15) is 0 Å². The molecule has 0 atom stereocenters. The maximum absolute atomic E-state index is 4.25. The summed E-state index contributed by atoms with van der Waals surface area (Å²) in [5.74, 6) is 5.36. The minimum atomic E-state index is 0.160. The zero-order valence-electron chi connectivity index (χ0n) is 17.2. The summed E-state index contributed by atoms with van der Waals surface area (Å²) in [6, 6.07) is 17.4. The molecule has 3 rings (SSSR count). The third kappa shape index (κ3) is 6.40. The normalized spacial score (nSPS) is 11.5. The molecule has 1 nitrogen and oxygen atoms in total. The lowest BCUT2D eigenvalue weighted by molar-refractivity contribution is 0.277. The second kappa shape index (κ2) is 12.3. The molecule has 2 aromatic rings. The van der Waals surface area contributed by atoms with Crippen molar-refractivity contribution in [2.24, 2.45) is 0 Å². The lowest BCUT2D eigenvalue weighted by Gasteiger charge is -2.20. The number of benzene rings is 2. The van der Waals surface area contributed by atoms with Gasteiger partial charge in [-0.25, -0.2) is 0 Å². The largest absolute Gasteiger partial charge is 0.388 e. The molecular formula is C24H34O. The van der Waals surface area contributed by atoms with Gasteiger partial charge in [0.1, 0.15) is 0 Å². The summed E-state index contributed by atoms with van der Waals surface area (Å²) >= 11 is 0. The van der Waals surface area contributed by atoms with E-state index in [4.69, 9.17) is 0 Å². The number of fused-ring (bicyclic) bond motifs is 3. The third-order valence-corrected chi connectivity index (χ3v) is 3.74. The van der Waals surface area contributed by atoms with E-state index in [2.05, 4.69) is 92.8 Å². The Balaban J connectivity index is 0.000000486. The zero-order valence-corrected chi connectivity index (χ0v) is 17.2. The summed E-state index contributed by atoms with van der Waals surface area (Å²) in [5, 5.41) is 0. The third-order valence-electron chi connectivity index (χ3n) is 3.74. The Bertz CT molecular complexity index is 616. The molecule has 0 N–H and O–H groups in total. The van der Waals surface area contributed by atoms with Crippen LogP contribution in [0.15, 0.2) is 48.5 Å². The molecule has 0 heterocycles. The number of hydrogen-bond acceptors (Lipinski definition) is 1. The van der Waals surface area contributed by atoms with E-state index in [0.29, 0.717) is 0 Å². The van der Waals surface area contributed by atoms with Gasteiger partial charge in [-0.2, -0.15) is 0 Å². The van der Waals surface area contributed by atoms with Crippen LogP contribution in [0.5, 0.6) is 0 Å². The Hall–Kier alpha value is -2.04. The molecule has 1 aliphatic rings. The second-order valence-corrected chi connectivity index (χ2v) is 6.33. The van der Waals surface area contributed by atoms with Gasteiger partial charge in [0.05, 0.1) is 0 Å². The highest BCUT2D eigenvalue weighted by atomic mass is 16.4. The Kier molecular flexibility index (Phi) is 11.3. The first-order chi connectivity index (χ1) is 12.0. The first-order valence-corrected chi connectivity index (χ1v) is 8.89. The molecule has 25 heavy (non-hydrogen) atoms. The van der Waals surface area contributed by atoms with Crippen LogP contribution < -0.4 is 0 Å². The molecule has 0 aromatic heterocycles. The molecule has 0 saturated carbocycles. The lowest BCUT2D eigenvalue weighted by atomic mass is 9.82. The van der Waals surface area contributed by atoms with Gasteiger partial charge in [-0.3, -0.25) is 0 Å². The fourth-order valence-corrected chi connectivity index (χ4v) is 2.67. The van der Waals surface area contributed by atoms with Crippen LogP contribution in [0.2, 0.25) is 0 Å². The SMILES string of the molecule is CC#CC.CC1(C)c2ccccc2-c2ccccc21.CCC.COC. The first kappa shape index (κ1) is 23.0. The minimum absolute atomic E-state index is 0.160. The maximum Gasteiger partial charge on any atom is 0.0351 e. The standard InChI is InChI=1S/C15H14.C4H6.C3H8.C2H6O/c1-15(2)13-9-5-3-7-11(13)12-8-4-6-10-14(12)15;1-3-4-2;2*1-3-2/h3-10H,1-2H3;1-2H3;3H2,1-2H3;1-2H3. The maximum atomic E-state index is 4.25. The van der Waals surface area contributed by atoms with Crippen LogP contribution in [-0.4, -0.2) is 14.2 Å². The Labute approximate surface area is 155 Å².